The number of halogens is 4. The predicted octanol–water partition coefficient (Wildman–Crippen LogP) is 5.90. The van der Waals surface area contributed by atoms with E-state index in [1.54, 1.807) is 11.3 Å². The number of hydrogen-bond donors (Lipinski definition) is 1. The van der Waals surface area contributed by atoms with Gasteiger partial charge in [-0.1, -0.05) is 23.7 Å². The number of benzene rings is 2. The fourth-order valence-corrected chi connectivity index (χ4v) is 4.24. The second-order valence-electron chi connectivity index (χ2n) is 5.38. The first-order valence-electron chi connectivity index (χ1n) is 7.50. The normalized spacial score (nSPS) is 12.9. The van der Waals surface area contributed by atoms with Crippen LogP contribution in [0.1, 0.15) is 10.4 Å². The first-order chi connectivity index (χ1) is 12.3. The standard InChI is InChI=1S/C18H13ClF3NOS2/c19-14-5-1-12(2-6-14)17-10-7-15(25-17)11-23-26(24)16-8-3-13(4-9-16)18(20,21)22/h1-10,23H,11H2. The van der Waals surface area contributed by atoms with E-state index in [1.165, 1.54) is 12.1 Å². The molecule has 0 saturated heterocycles. The zero-order chi connectivity index (χ0) is 18.7. The summed E-state index contributed by atoms with van der Waals surface area (Å²) in [6, 6.07) is 15.7. The fraction of sp³-hybridized carbons (Fsp3) is 0.111. The first-order valence-corrected chi connectivity index (χ1v) is 9.84. The lowest BCUT2D eigenvalue weighted by molar-refractivity contribution is -0.137. The third-order valence-electron chi connectivity index (χ3n) is 3.56. The van der Waals surface area contributed by atoms with Crippen molar-refractivity contribution in [2.75, 3.05) is 0 Å². The number of alkyl halides is 3. The Kier molecular flexibility index (Phi) is 5.82. The molecule has 1 aromatic heterocycles. The van der Waals surface area contributed by atoms with Crippen molar-refractivity contribution < 1.29 is 17.4 Å². The molecular formula is C18H13ClF3NOS2. The van der Waals surface area contributed by atoms with Gasteiger partial charge >= 0.3 is 6.18 Å². The van der Waals surface area contributed by atoms with Crippen LogP contribution in [-0.4, -0.2) is 4.21 Å². The average Bonchev–Trinajstić information content (AvgIpc) is 3.08. The van der Waals surface area contributed by atoms with E-state index in [4.69, 9.17) is 11.6 Å². The third kappa shape index (κ3) is 4.73. The molecule has 1 N–H and O–H groups in total. The van der Waals surface area contributed by atoms with E-state index in [0.717, 1.165) is 27.5 Å². The summed E-state index contributed by atoms with van der Waals surface area (Å²) in [5.41, 5.74) is 0.277. The van der Waals surface area contributed by atoms with Gasteiger partial charge in [-0.15, -0.1) is 11.3 Å². The molecule has 1 unspecified atom stereocenters. The van der Waals surface area contributed by atoms with Crippen molar-refractivity contribution in [1.29, 1.82) is 0 Å². The molecule has 0 spiro atoms. The number of nitrogens with one attached hydrogen (secondary N) is 1. The summed E-state index contributed by atoms with van der Waals surface area (Å²) in [5, 5.41) is 0.666. The molecular weight excluding hydrogens is 403 g/mol. The quantitative estimate of drug-likeness (QED) is 0.552. The van der Waals surface area contributed by atoms with Crippen LogP contribution in [-0.2, 0) is 23.7 Å². The smallest absolute Gasteiger partial charge is 0.237 e. The first kappa shape index (κ1) is 19.1. The van der Waals surface area contributed by atoms with Crippen LogP contribution < -0.4 is 4.72 Å². The summed E-state index contributed by atoms with van der Waals surface area (Å²) in [6.45, 7) is 0.353. The minimum absolute atomic E-state index is 0.299. The zero-order valence-corrected chi connectivity index (χ0v) is 15.6. The largest absolute Gasteiger partial charge is 0.416 e. The highest BCUT2D eigenvalue weighted by Crippen LogP contribution is 2.30. The maximum Gasteiger partial charge on any atom is 0.416 e. The second kappa shape index (κ2) is 7.92. The van der Waals surface area contributed by atoms with Crippen molar-refractivity contribution in [3.63, 3.8) is 0 Å². The Bertz CT molecular complexity index is 905. The van der Waals surface area contributed by atoms with Crippen LogP contribution in [0, 0.1) is 0 Å². The Morgan fingerprint density at radius 2 is 1.62 bits per heavy atom. The topological polar surface area (TPSA) is 29.1 Å². The van der Waals surface area contributed by atoms with Gasteiger partial charge in [0.05, 0.1) is 10.5 Å². The Hall–Kier alpha value is -1.67. The van der Waals surface area contributed by atoms with E-state index in [9.17, 15) is 17.4 Å². The van der Waals surface area contributed by atoms with E-state index >= 15 is 0 Å². The molecule has 0 aliphatic heterocycles. The van der Waals surface area contributed by atoms with Crippen molar-refractivity contribution >= 4 is 33.9 Å². The molecule has 0 saturated carbocycles. The monoisotopic (exact) mass is 415 g/mol. The molecule has 136 valence electrons. The van der Waals surface area contributed by atoms with Crippen LogP contribution in [0.4, 0.5) is 13.2 Å². The van der Waals surface area contributed by atoms with Crippen LogP contribution in [0.15, 0.2) is 65.6 Å². The molecule has 2 nitrogen and oxygen atoms in total. The van der Waals surface area contributed by atoms with Crippen LogP contribution in [0.25, 0.3) is 10.4 Å². The molecule has 1 atom stereocenters. The summed E-state index contributed by atoms with van der Waals surface area (Å²) in [5.74, 6) is 0. The van der Waals surface area contributed by atoms with Crippen molar-refractivity contribution in [3.05, 3.63) is 76.1 Å². The van der Waals surface area contributed by atoms with E-state index in [0.29, 0.717) is 16.5 Å². The van der Waals surface area contributed by atoms with Gasteiger partial charge in [-0.3, -0.25) is 0 Å². The van der Waals surface area contributed by atoms with Gasteiger partial charge in [-0.05, 0) is 54.1 Å². The second-order valence-corrected chi connectivity index (χ2v) is 8.29. The number of thiophene rings is 1. The molecule has 0 bridgehead atoms. The van der Waals surface area contributed by atoms with Crippen LogP contribution in [0.2, 0.25) is 5.02 Å². The molecule has 0 amide bonds. The lowest BCUT2D eigenvalue weighted by Crippen LogP contribution is -2.16. The third-order valence-corrected chi connectivity index (χ3v) is 6.06. The van der Waals surface area contributed by atoms with Crippen molar-refractivity contribution in [2.45, 2.75) is 17.6 Å². The summed E-state index contributed by atoms with van der Waals surface area (Å²) in [6.07, 6.45) is -4.40. The van der Waals surface area contributed by atoms with Crippen molar-refractivity contribution in [3.8, 4) is 10.4 Å². The molecule has 8 heteroatoms. The van der Waals surface area contributed by atoms with Crippen LogP contribution in [0.5, 0.6) is 0 Å². The van der Waals surface area contributed by atoms with Crippen LogP contribution in [0.3, 0.4) is 0 Å². The Balaban J connectivity index is 1.62. The SMILES string of the molecule is O=S(NCc1ccc(-c2ccc(Cl)cc2)s1)c1ccc(C(F)(F)F)cc1. The summed E-state index contributed by atoms with van der Waals surface area (Å²) in [4.78, 5) is 2.32. The lowest BCUT2D eigenvalue weighted by atomic mass is 10.2. The molecule has 26 heavy (non-hydrogen) atoms. The van der Waals surface area contributed by atoms with Gasteiger partial charge in [0.1, 0.15) is 11.0 Å². The molecule has 0 fully saturated rings. The van der Waals surface area contributed by atoms with Crippen molar-refractivity contribution in [1.82, 2.24) is 4.72 Å². The maximum atomic E-state index is 12.6. The van der Waals surface area contributed by atoms with E-state index < -0.39 is 22.7 Å². The molecule has 1 heterocycles. The lowest BCUT2D eigenvalue weighted by Gasteiger charge is -2.08. The molecule has 0 aliphatic rings. The molecule has 0 aliphatic carbocycles. The Labute approximate surface area is 160 Å². The molecule has 3 rings (SSSR count). The number of hydrogen-bond acceptors (Lipinski definition) is 2. The van der Waals surface area contributed by atoms with Gasteiger partial charge in [0, 0.05) is 21.3 Å². The van der Waals surface area contributed by atoms with Crippen molar-refractivity contribution in [2.24, 2.45) is 0 Å². The van der Waals surface area contributed by atoms with E-state index in [2.05, 4.69) is 4.72 Å². The van der Waals surface area contributed by atoms with Crippen LogP contribution >= 0.6 is 22.9 Å². The minimum Gasteiger partial charge on any atom is -0.237 e. The zero-order valence-electron chi connectivity index (χ0n) is 13.2. The maximum absolute atomic E-state index is 12.6. The average molecular weight is 416 g/mol. The highest BCUT2D eigenvalue weighted by atomic mass is 35.5. The van der Waals surface area contributed by atoms with Gasteiger partial charge in [0.2, 0.25) is 0 Å². The fourth-order valence-electron chi connectivity index (χ4n) is 2.23. The molecule has 2 aromatic carbocycles. The van der Waals surface area contributed by atoms with Gasteiger partial charge in [0.25, 0.3) is 0 Å². The summed E-state index contributed by atoms with van der Waals surface area (Å²) < 4.78 is 52.7. The molecule has 3 aromatic rings. The minimum atomic E-state index is -4.40. The summed E-state index contributed by atoms with van der Waals surface area (Å²) in [7, 11) is -1.59. The molecule has 0 radical (unpaired) electrons. The van der Waals surface area contributed by atoms with Gasteiger partial charge in [-0.2, -0.15) is 13.2 Å². The van der Waals surface area contributed by atoms with E-state index in [1.807, 2.05) is 36.4 Å². The van der Waals surface area contributed by atoms with Gasteiger partial charge in [0.15, 0.2) is 0 Å². The number of rotatable bonds is 5. The van der Waals surface area contributed by atoms with E-state index in [-0.39, 0.29) is 0 Å². The Morgan fingerprint density at radius 1 is 0.962 bits per heavy atom. The predicted molar refractivity (Wildman–Crippen MR) is 99.5 cm³/mol. The van der Waals surface area contributed by atoms with Gasteiger partial charge < -0.3 is 0 Å². The highest BCUT2D eigenvalue weighted by Gasteiger charge is 2.30. The van der Waals surface area contributed by atoms with Gasteiger partial charge in [-0.25, -0.2) is 8.93 Å². The highest BCUT2D eigenvalue weighted by molar-refractivity contribution is 7.83. The summed E-state index contributed by atoms with van der Waals surface area (Å²) >= 11 is 7.43. The Morgan fingerprint density at radius 3 is 2.23 bits per heavy atom.